The van der Waals surface area contributed by atoms with E-state index in [9.17, 15) is 9.59 Å². The number of rotatable bonds is 7. The summed E-state index contributed by atoms with van der Waals surface area (Å²) in [4.78, 5) is 25.0. The number of hydrogen-bond acceptors (Lipinski definition) is 7. The normalized spacial score (nSPS) is 12.4. The summed E-state index contributed by atoms with van der Waals surface area (Å²) in [7, 11) is 0. The van der Waals surface area contributed by atoms with E-state index in [1.807, 2.05) is 54.6 Å². The number of nitrogens with one attached hydrogen (secondary N) is 1. The van der Waals surface area contributed by atoms with Crippen molar-refractivity contribution in [1.29, 1.82) is 0 Å². The maximum absolute atomic E-state index is 12.5. The fourth-order valence-electron chi connectivity index (χ4n) is 3.51. The summed E-state index contributed by atoms with van der Waals surface area (Å²) >= 11 is 0. The predicted molar refractivity (Wildman–Crippen MR) is 126 cm³/mol. The zero-order valence-corrected chi connectivity index (χ0v) is 19.4. The molecule has 2 aromatic heterocycles. The summed E-state index contributed by atoms with van der Waals surface area (Å²) in [5, 5.41) is 17.7. The lowest BCUT2D eigenvalue weighted by Gasteiger charge is -2.22. The van der Waals surface area contributed by atoms with Crippen molar-refractivity contribution in [3.63, 3.8) is 0 Å². The summed E-state index contributed by atoms with van der Waals surface area (Å²) in [5.74, 6) is 0.0227. The molecule has 0 saturated carbocycles. The van der Waals surface area contributed by atoms with E-state index in [0.717, 1.165) is 16.3 Å². The van der Waals surface area contributed by atoms with E-state index in [2.05, 4.69) is 20.6 Å². The third-order valence-corrected chi connectivity index (χ3v) is 5.06. The topological polar surface area (TPSA) is 108 Å². The predicted octanol–water partition coefficient (Wildman–Crippen LogP) is 4.37. The van der Waals surface area contributed by atoms with Gasteiger partial charge in [-0.3, -0.25) is 4.79 Å². The Morgan fingerprint density at radius 1 is 1.03 bits per heavy atom. The SMILES string of the molecule is CC(C)(C)OC(=O)NC(CCC(=O)OCc1ccccc1)c1nnc2c3ccccc3cnn12. The van der Waals surface area contributed by atoms with Crippen LogP contribution in [0.5, 0.6) is 0 Å². The van der Waals surface area contributed by atoms with Gasteiger partial charge >= 0.3 is 12.1 Å². The van der Waals surface area contributed by atoms with E-state index in [0.29, 0.717) is 11.5 Å². The fourth-order valence-corrected chi connectivity index (χ4v) is 3.51. The molecule has 34 heavy (non-hydrogen) atoms. The second-order valence-corrected chi connectivity index (χ2v) is 8.91. The molecule has 0 spiro atoms. The van der Waals surface area contributed by atoms with E-state index in [-0.39, 0.29) is 25.4 Å². The van der Waals surface area contributed by atoms with Crippen LogP contribution in [0.4, 0.5) is 4.79 Å². The van der Waals surface area contributed by atoms with Gasteiger partial charge in [-0.1, -0.05) is 54.6 Å². The first-order valence-corrected chi connectivity index (χ1v) is 11.1. The lowest BCUT2D eigenvalue weighted by atomic mass is 10.1. The minimum absolute atomic E-state index is 0.0653. The van der Waals surface area contributed by atoms with Crippen molar-refractivity contribution in [1.82, 2.24) is 25.1 Å². The molecule has 4 aromatic rings. The number of nitrogens with zero attached hydrogens (tertiary/aromatic N) is 4. The zero-order valence-electron chi connectivity index (χ0n) is 19.4. The number of aromatic nitrogens is 4. The number of alkyl carbamates (subject to hydrolysis) is 1. The molecule has 2 aromatic carbocycles. The maximum Gasteiger partial charge on any atom is 0.408 e. The average Bonchev–Trinajstić information content (AvgIpc) is 3.24. The Kier molecular flexibility index (Phi) is 6.72. The van der Waals surface area contributed by atoms with Gasteiger partial charge in [0.05, 0.1) is 12.2 Å². The Balaban J connectivity index is 1.53. The fraction of sp³-hybridized carbons (Fsp3) is 0.320. The number of amides is 1. The molecule has 0 aliphatic heterocycles. The highest BCUT2D eigenvalue weighted by molar-refractivity contribution is 5.92. The number of carbonyl (C=O) groups is 2. The van der Waals surface area contributed by atoms with E-state index in [1.165, 1.54) is 0 Å². The van der Waals surface area contributed by atoms with Gasteiger partial charge in [0.15, 0.2) is 11.5 Å². The van der Waals surface area contributed by atoms with E-state index < -0.39 is 17.7 Å². The molecule has 4 rings (SSSR count). The molecule has 1 N–H and O–H groups in total. The molecule has 9 heteroatoms. The van der Waals surface area contributed by atoms with Gasteiger partial charge in [0.1, 0.15) is 12.2 Å². The third-order valence-electron chi connectivity index (χ3n) is 5.06. The largest absolute Gasteiger partial charge is 0.461 e. The van der Waals surface area contributed by atoms with Gasteiger partial charge in [0.2, 0.25) is 0 Å². The molecular formula is C25H27N5O4. The van der Waals surface area contributed by atoms with Gasteiger partial charge in [-0.15, -0.1) is 10.2 Å². The molecule has 2 heterocycles. The molecule has 1 unspecified atom stereocenters. The second-order valence-electron chi connectivity index (χ2n) is 8.91. The lowest BCUT2D eigenvalue weighted by Crippen LogP contribution is -2.36. The van der Waals surface area contributed by atoms with Crippen LogP contribution in [-0.2, 0) is 20.9 Å². The monoisotopic (exact) mass is 461 g/mol. The number of benzene rings is 2. The highest BCUT2D eigenvalue weighted by Crippen LogP contribution is 2.23. The molecule has 1 atom stereocenters. The molecule has 0 saturated heterocycles. The Hall–Kier alpha value is -4.01. The molecule has 0 aliphatic carbocycles. The standard InChI is InChI=1S/C25H27N5O4/c1-25(2,3)34-24(32)27-20(13-14-21(31)33-16-17-9-5-4-6-10-17)23-29-28-22-19-12-8-7-11-18(19)15-26-30(22)23/h4-12,15,20H,13-14,16H2,1-3H3,(H,27,32). The molecular weight excluding hydrogens is 434 g/mol. The van der Waals surface area contributed by atoms with Crippen molar-refractivity contribution in [2.45, 2.75) is 51.9 Å². The van der Waals surface area contributed by atoms with Crippen molar-refractivity contribution in [2.24, 2.45) is 0 Å². The summed E-state index contributed by atoms with van der Waals surface area (Å²) in [6.45, 7) is 5.53. The van der Waals surface area contributed by atoms with Gasteiger partial charge in [-0.05, 0) is 32.8 Å². The van der Waals surface area contributed by atoms with Crippen LogP contribution in [0.25, 0.3) is 16.4 Å². The van der Waals surface area contributed by atoms with Crippen molar-refractivity contribution >= 4 is 28.5 Å². The van der Waals surface area contributed by atoms with Crippen LogP contribution >= 0.6 is 0 Å². The first kappa shape index (κ1) is 23.2. The minimum atomic E-state index is -0.676. The quantitative estimate of drug-likeness (QED) is 0.407. The van der Waals surface area contributed by atoms with Crippen molar-refractivity contribution in [2.75, 3.05) is 0 Å². The first-order valence-electron chi connectivity index (χ1n) is 11.1. The van der Waals surface area contributed by atoms with Crippen molar-refractivity contribution < 1.29 is 19.1 Å². The minimum Gasteiger partial charge on any atom is -0.461 e. The molecule has 0 bridgehead atoms. The Morgan fingerprint density at radius 3 is 2.53 bits per heavy atom. The number of carbonyl (C=O) groups excluding carboxylic acids is 2. The average molecular weight is 462 g/mol. The van der Waals surface area contributed by atoms with Crippen LogP contribution in [0.2, 0.25) is 0 Å². The van der Waals surface area contributed by atoms with Gasteiger partial charge in [-0.2, -0.15) is 9.61 Å². The van der Waals surface area contributed by atoms with Gasteiger partial charge in [-0.25, -0.2) is 4.79 Å². The summed E-state index contributed by atoms with van der Waals surface area (Å²) in [6.07, 6.45) is 1.40. The van der Waals surface area contributed by atoms with E-state index in [4.69, 9.17) is 9.47 Å². The van der Waals surface area contributed by atoms with Crippen LogP contribution in [0.15, 0.2) is 60.8 Å². The van der Waals surface area contributed by atoms with Gasteiger partial charge in [0.25, 0.3) is 0 Å². The summed E-state index contributed by atoms with van der Waals surface area (Å²) in [5.41, 5.74) is 0.791. The lowest BCUT2D eigenvalue weighted by molar-refractivity contribution is -0.145. The van der Waals surface area contributed by atoms with Crippen molar-refractivity contribution in [3.05, 3.63) is 72.2 Å². The smallest absolute Gasteiger partial charge is 0.408 e. The number of fused-ring (bicyclic) bond motifs is 3. The Labute approximate surface area is 197 Å². The van der Waals surface area contributed by atoms with Crippen molar-refractivity contribution in [3.8, 4) is 0 Å². The van der Waals surface area contributed by atoms with Crippen LogP contribution in [-0.4, -0.2) is 37.5 Å². The molecule has 0 fully saturated rings. The molecule has 9 nitrogen and oxygen atoms in total. The first-order chi connectivity index (χ1) is 16.3. The van der Waals surface area contributed by atoms with Crippen LogP contribution in [0.3, 0.4) is 0 Å². The summed E-state index contributed by atoms with van der Waals surface area (Å²) in [6, 6.07) is 16.5. The van der Waals surface area contributed by atoms with E-state index >= 15 is 0 Å². The Bertz CT molecular complexity index is 1300. The van der Waals surface area contributed by atoms with Gasteiger partial charge < -0.3 is 14.8 Å². The highest BCUT2D eigenvalue weighted by atomic mass is 16.6. The number of ether oxygens (including phenoxy) is 2. The molecule has 0 aliphatic rings. The molecule has 176 valence electrons. The zero-order chi connectivity index (χ0) is 24.1. The summed E-state index contributed by atoms with van der Waals surface area (Å²) < 4.78 is 12.4. The number of esters is 1. The van der Waals surface area contributed by atoms with Crippen LogP contribution in [0.1, 0.15) is 51.0 Å². The Morgan fingerprint density at radius 2 is 1.76 bits per heavy atom. The maximum atomic E-state index is 12.5. The second kappa shape index (κ2) is 9.86. The van der Waals surface area contributed by atoms with Gasteiger partial charge in [0, 0.05) is 17.2 Å². The molecule has 0 radical (unpaired) electrons. The number of hydrogen-bond donors (Lipinski definition) is 1. The van der Waals surface area contributed by atoms with Crippen LogP contribution in [0, 0.1) is 0 Å². The van der Waals surface area contributed by atoms with Crippen LogP contribution < -0.4 is 5.32 Å². The molecule has 1 amide bonds. The van der Waals surface area contributed by atoms with E-state index in [1.54, 1.807) is 31.5 Å². The third kappa shape index (κ3) is 5.67. The highest BCUT2D eigenvalue weighted by Gasteiger charge is 2.26.